The standard InChI is InChI=1S/C19H24N2O6/c1-19(2,3)27-18(24)21-10-15(11-21)9-16(22)26-13-20-17(23)25-12-14-7-5-4-6-8-14/h4-9H,10-13H2,1-3H3,(H,20,23). The number of amides is 2. The van der Waals surface area contributed by atoms with E-state index < -0.39 is 23.8 Å². The third kappa shape index (κ3) is 7.39. The number of alkyl carbamates (subject to hydrolysis) is 1. The Kier molecular flexibility index (Phi) is 6.81. The van der Waals surface area contributed by atoms with Crippen LogP contribution in [-0.2, 0) is 25.6 Å². The van der Waals surface area contributed by atoms with Gasteiger partial charge in [-0.05, 0) is 31.9 Å². The van der Waals surface area contributed by atoms with Crippen LogP contribution in [0.5, 0.6) is 0 Å². The fourth-order valence-corrected chi connectivity index (χ4v) is 2.14. The van der Waals surface area contributed by atoms with E-state index in [1.165, 1.54) is 11.0 Å². The third-order valence-corrected chi connectivity index (χ3v) is 3.41. The summed E-state index contributed by atoms with van der Waals surface area (Å²) < 4.78 is 15.1. The molecule has 0 radical (unpaired) electrons. The number of carbonyl (C=O) groups excluding carboxylic acids is 3. The van der Waals surface area contributed by atoms with Gasteiger partial charge in [-0.2, -0.15) is 0 Å². The quantitative estimate of drug-likeness (QED) is 0.367. The number of hydrogen-bond donors (Lipinski definition) is 1. The number of nitrogens with one attached hydrogen (secondary N) is 1. The van der Waals surface area contributed by atoms with Crippen LogP contribution in [0.4, 0.5) is 9.59 Å². The first-order chi connectivity index (χ1) is 12.7. The lowest BCUT2D eigenvalue weighted by atomic mass is 10.1. The minimum atomic E-state index is -0.681. The number of nitrogens with zero attached hydrogens (tertiary/aromatic N) is 1. The molecule has 146 valence electrons. The van der Waals surface area contributed by atoms with Gasteiger partial charge in [-0.1, -0.05) is 30.3 Å². The molecule has 1 N–H and O–H groups in total. The maximum absolute atomic E-state index is 11.8. The molecule has 0 bridgehead atoms. The Labute approximate surface area is 158 Å². The molecule has 0 aliphatic carbocycles. The van der Waals surface area contributed by atoms with Gasteiger partial charge in [-0.3, -0.25) is 5.32 Å². The summed E-state index contributed by atoms with van der Waals surface area (Å²) in [6, 6.07) is 9.22. The minimum Gasteiger partial charge on any atom is -0.445 e. The molecular formula is C19H24N2O6. The molecule has 0 spiro atoms. The van der Waals surface area contributed by atoms with Crippen LogP contribution < -0.4 is 5.32 Å². The van der Waals surface area contributed by atoms with Gasteiger partial charge in [-0.25, -0.2) is 14.4 Å². The molecule has 8 nitrogen and oxygen atoms in total. The van der Waals surface area contributed by atoms with Crippen LogP contribution in [0, 0.1) is 0 Å². The van der Waals surface area contributed by atoms with E-state index in [1.54, 1.807) is 20.8 Å². The minimum absolute atomic E-state index is 0.130. The van der Waals surface area contributed by atoms with Crippen LogP contribution in [0.3, 0.4) is 0 Å². The molecule has 1 aromatic carbocycles. The number of hydrogen-bond acceptors (Lipinski definition) is 6. The Morgan fingerprint density at radius 1 is 1.11 bits per heavy atom. The predicted molar refractivity (Wildman–Crippen MR) is 96.6 cm³/mol. The summed E-state index contributed by atoms with van der Waals surface area (Å²) in [4.78, 5) is 36.5. The van der Waals surface area contributed by atoms with Crippen LogP contribution in [0.2, 0.25) is 0 Å². The normalized spacial score (nSPS) is 13.3. The van der Waals surface area contributed by atoms with Crippen molar-refractivity contribution < 1.29 is 28.6 Å². The summed E-state index contributed by atoms with van der Waals surface area (Å²) in [6.07, 6.45) is 0.201. The van der Waals surface area contributed by atoms with Gasteiger partial charge in [-0.15, -0.1) is 0 Å². The fraction of sp³-hybridized carbons (Fsp3) is 0.421. The lowest BCUT2D eigenvalue weighted by molar-refractivity contribution is -0.138. The van der Waals surface area contributed by atoms with Gasteiger partial charge >= 0.3 is 18.2 Å². The van der Waals surface area contributed by atoms with Crippen LogP contribution in [0.15, 0.2) is 42.0 Å². The Hall–Kier alpha value is -3.03. The lowest BCUT2D eigenvalue weighted by Crippen LogP contribution is -2.47. The second-order valence-corrected chi connectivity index (χ2v) is 6.99. The molecule has 1 fully saturated rings. The van der Waals surface area contributed by atoms with Gasteiger partial charge in [0.1, 0.15) is 12.2 Å². The number of esters is 1. The van der Waals surface area contributed by atoms with Crippen LogP contribution in [0.1, 0.15) is 26.3 Å². The molecule has 2 rings (SSSR count). The molecule has 1 heterocycles. The number of ether oxygens (including phenoxy) is 3. The third-order valence-electron chi connectivity index (χ3n) is 3.41. The average molecular weight is 376 g/mol. The van der Waals surface area contributed by atoms with Crippen LogP contribution >= 0.6 is 0 Å². The molecular weight excluding hydrogens is 352 g/mol. The van der Waals surface area contributed by atoms with Crippen molar-refractivity contribution in [1.82, 2.24) is 10.2 Å². The summed E-state index contributed by atoms with van der Waals surface area (Å²) in [5.41, 5.74) is 1.04. The highest BCUT2D eigenvalue weighted by Gasteiger charge is 2.30. The van der Waals surface area contributed by atoms with Crippen molar-refractivity contribution >= 4 is 18.2 Å². The van der Waals surface area contributed by atoms with Gasteiger partial charge < -0.3 is 19.1 Å². The Bertz CT molecular complexity index is 701. The molecule has 0 saturated carbocycles. The Morgan fingerprint density at radius 2 is 1.78 bits per heavy atom. The molecule has 1 saturated heterocycles. The summed E-state index contributed by atoms with van der Waals surface area (Å²) in [6.45, 7) is 5.83. The summed E-state index contributed by atoms with van der Waals surface area (Å²) >= 11 is 0. The van der Waals surface area contributed by atoms with Crippen LogP contribution in [0.25, 0.3) is 0 Å². The molecule has 1 aromatic rings. The monoisotopic (exact) mass is 376 g/mol. The molecule has 0 aromatic heterocycles. The van der Waals surface area contributed by atoms with E-state index in [0.717, 1.165) is 11.1 Å². The van der Waals surface area contributed by atoms with Crippen molar-refractivity contribution in [3.8, 4) is 0 Å². The summed E-state index contributed by atoms with van der Waals surface area (Å²) in [7, 11) is 0. The first-order valence-electron chi connectivity index (χ1n) is 8.51. The van der Waals surface area contributed by atoms with Gasteiger partial charge in [0.25, 0.3) is 0 Å². The average Bonchev–Trinajstić information content (AvgIpc) is 2.55. The molecule has 8 heteroatoms. The van der Waals surface area contributed by atoms with E-state index in [1.807, 2.05) is 30.3 Å². The van der Waals surface area contributed by atoms with E-state index >= 15 is 0 Å². The van der Waals surface area contributed by atoms with Crippen molar-refractivity contribution in [2.75, 3.05) is 19.8 Å². The van der Waals surface area contributed by atoms with E-state index in [9.17, 15) is 14.4 Å². The second-order valence-electron chi connectivity index (χ2n) is 6.99. The number of rotatable bonds is 5. The highest BCUT2D eigenvalue weighted by Crippen LogP contribution is 2.18. The lowest BCUT2D eigenvalue weighted by Gasteiger charge is -2.35. The summed E-state index contributed by atoms with van der Waals surface area (Å²) in [5, 5.41) is 2.33. The molecule has 2 amide bonds. The van der Waals surface area contributed by atoms with Gasteiger partial charge in [0.05, 0.1) is 0 Å². The maximum Gasteiger partial charge on any atom is 0.410 e. The van der Waals surface area contributed by atoms with E-state index in [2.05, 4.69) is 5.32 Å². The van der Waals surface area contributed by atoms with Gasteiger partial charge in [0, 0.05) is 19.2 Å². The fourth-order valence-electron chi connectivity index (χ4n) is 2.14. The number of likely N-dealkylation sites (tertiary alicyclic amines) is 1. The molecule has 1 aliphatic heterocycles. The number of carbonyl (C=O) groups is 3. The highest BCUT2D eigenvalue weighted by molar-refractivity contribution is 5.84. The molecule has 0 unspecified atom stereocenters. The van der Waals surface area contributed by atoms with E-state index in [4.69, 9.17) is 14.2 Å². The second kappa shape index (κ2) is 9.07. The largest absolute Gasteiger partial charge is 0.445 e. The first-order valence-corrected chi connectivity index (χ1v) is 8.51. The first kappa shape index (κ1) is 20.3. The van der Waals surface area contributed by atoms with Crippen molar-refractivity contribution in [2.45, 2.75) is 33.0 Å². The molecule has 0 atom stereocenters. The van der Waals surface area contributed by atoms with Crippen molar-refractivity contribution in [1.29, 1.82) is 0 Å². The smallest absolute Gasteiger partial charge is 0.410 e. The Morgan fingerprint density at radius 3 is 2.41 bits per heavy atom. The Balaban J connectivity index is 1.60. The zero-order valence-electron chi connectivity index (χ0n) is 15.7. The zero-order valence-corrected chi connectivity index (χ0v) is 15.7. The zero-order chi connectivity index (χ0) is 19.9. The highest BCUT2D eigenvalue weighted by atomic mass is 16.6. The van der Waals surface area contributed by atoms with E-state index in [0.29, 0.717) is 13.1 Å². The number of benzene rings is 1. The predicted octanol–water partition coefficient (Wildman–Crippen LogP) is 2.59. The van der Waals surface area contributed by atoms with Crippen molar-refractivity contribution in [3.05, 3.63) is 47.5 Å². The van der Waals surface area contributed by atoms with Crippen LogP contribution in [-0.4, -0.2) is 48.5 Å². The van der Waals surface area contributed by atoms with Gasteiger partial charge in [0.2, 0.25) is 0 Å². The topological polar surface area (TPSA) is 94.2 Å². The molecule has 27 heavy (non-hydrogen) atoms. The molecule has 1 aliphatic rings. The van der Waals surface area contributed by atoms with Gasteiger partial charge in [0.15, 0.2) is 6.73 Å². The van der Waals surface area contributed by atoms with E-state index in [-0.39, 0.29) is 13.3 Å². The SMILES string of the molecule is CC(C)(C)OC(=O)N1CC(=CC(=O)OCNC(=O)OCc2ccccc2)C1. The van der Waals surface area contributed by atoms with Crippen molar-refractivity contribution in [3.63, 3.8) is 0 Å². The van der Waals surface area contributed by atoms with Crippen molar-refractivity contribution in [2.24, 2.45) is 0 Å². The maximum atomic E-state index is 11.8. The summed E-state index contributed by atoms with van der Waals surface area (Å²) in [5.74, 6) is -0.600.